The molecule has 0 saturated carbocycles. The number of anilines is 1. The molecule has 4 heterocycles. The zero-order valence-corrected chi connectivity index (χ0v) is 21.1. The summed E-state index contributed by atoms with van der Waals surface area (Å²) in [5.74, 6) is -0.885. The molecule has 5 rings (SSSR count). The maximum atomic E-state index is 12.5. The van der Waals surface area contributed by atoms with Crippen molar-refractivity contribution in [1.29, 1.82) is 0 Å². The summed E-state index contributed by atoms with van der Waals surface area (Å²) in [6, 6.07) is 10.7. The highest BCUT2D eigenvalue weighted by atomic mass is 32.2. The van der Waals surface area contributed by atoms with Crippen LogP contribution in [-0.4, -0.2) is 81.4 Å². The van der Waals surface area contributed by atoms with Crippen LogP contribution in [0.25, 0.3) is 22.6 Å². The molecule has 39 heavy (non-hydrogen) atoms. The van der Waals surface area contributed by atoms with Crippen LogP contribution in [0, 0.1) is 0 Å². The predicted octanol–water partition coefficient (Wildman–Crippen LogP) is 0.201. The van der Waals surface area contributed by atoms with Crippen molar-refractivity contribution in [3.8, 4) is 11.4 Å². The molecule has 15 heteroatoms. The minimum atomic E-state index is -4.09. The van der Waals surface area contributed by atoms with E-state index in [0.29, 0.717) is 6.54 Å². The molecule has 1 aliphatic heterocycles. The Morgan fingerprint density at radius 3 is 2.74 bits per heavy atom. The Morgan fingerprint density at radius 2 is 2.00 bits per heavy atom. The molecule has 0 bridgehead atoms. The van der Waals surface area contributed by atoms with Crippen molar-refractivity contribution in [1.82, 2.24) is 29.8 Å². The molecule has 0 unspecified atom stereocenters. The Labute approximate surface area is 227 Å². The third-order valence-electron chi connectivity index (χ3n) is 6.10. The number of hydrogen-bond donors (Lipinski definition) is 4. The smallest absolute Gasteiger partial charge is 0.298 e. The first-order valence-corrected chi connectivity index (χ1v) is 12.9. The number of aliphatic hydroxyl groups is 2. The minimum absolute atomic E-state index is 0.0187. The van der Waals surface area contributed by atoms with E-state index in [0.717, 1.165) is 18.9 Å². The first kappa shape index (κ1) is 22.9. The Hall–Kier alpha value is -4.02. The van der Waals surface area contributed by atoms with Gasteiger partial charge in [-0.25, -0.2) is 15.0 Å². The first-order valence-electron chi connectivity index (χ1n) is 13.0. The number of rotatable bonds is 8. The second-order valence-corrected chi connectivity index (χ2v) is 10.2. The van der Waals surface area contributed by atoms with Gasteiger partial charge in [0.15, 0.2) is 35.1 Å². The lowest BCUT2D eigenvalue weighted by molar-refractivity contribution is -0.137. The number of ether oxygens (including phenoxy) is 1. The van der Waals surface area contributed by atoms with Crippen molar-refractivity contribution in [2.24, 2.45) is 0 Å². The van der Waals surface area contributed by atoms with E-state index in [4.69, 9.17) is 8.85 Å². The van der Waals surface area contributed by atoms with Gasteiger partial charge in [0.1, 0.15) is 17.1 Å². The molecule has 204 valence electrons. The number of amides is 1. The third-order valence-corrected chi connectivity index (χ3v) is 7.34. The molecule has 4 N–H and O–H groups in total. The normalized spacial score (nSPS) is 22.7. The molecule has 1 saturated heterocycles. The highest BCUT2D eigenvalue weighted by Crippen LogP contribution is 2.34. The van der Waals surface area contributed by atoms with Crippen molar-refractivity contribution < 1.29 is 36.5 Å². The number of imidazole rings is 1. The van der Waals surface area contributed by atoms with E-state index in [1.165, 1.54) is 23.2 Å². The van der Waals surface area contributed by atoms with Gasteiger partial charge in [0.05, 0.1) is 13.4 Å². The van der Waals surface area contributed by atoms with Crippen molar-refractivity contribution in [2.75, 3.05) is 19.4 Å². The fourth-order valence-corrected chi connectivity index (χ4v) is 4.74. The van der Waals surface area contributed by atoms with Gasteiger partial charge in [0, 0.05) is 35.6 Å². The average Bonchev–Trinajstić information content (AvgIpc) is 3.51. The SMILES string of the molecule is [2H]C([2H])([2H])NC(=O)[C@H]1O[C@@H](n2cnc3c(NCc4ccccc4)nc(-c4cncc(S(=O)(=O)OC)c4)nc32)[C@H](O)[C@@H]1O. The van der Waals surface area contributed by atoms with Gasteiger partial charge >= 0.3 is 0 Å². The van der Waals surface area contributed by atoms with Crippen molar-refractivity contribution in [3.05, 3.63) is 60.7 Å². The van der Waals surface area contributed by atoms with Crippen molar-refractivity contribution in [2.45, 2.75) is 36.0 Å². The highest BCUT2D eigenvalue weighted by Gasteiger charge is 2.47. The topological polar surface area (TPSA) is 191 Å². The molecular formula is C24H25N7O7S. The zero-order chi connectivity index (χ0) is 30.2. The van der Waals surface area contributed by atoms with Gasteiger partial charge in [-0.05, 0) is 11.6 Å². The molecule has 4 atom stereocenters. The Kier molecular flexibility index (Phi) is 6.24. The van der Waals surface area contributed by atoms with Crippen LogP contribution in [0.3, 0.4) is 0 Å². The van der Waals surface area contributed by atoms with E-state index in [2.05, 4.69) is 29.4 Å². The van der Waals surface area contributed by atoms with Gasteiger partial charge in [0.2, 0.25) is 0 Å². The minimum Gasteiger partial charge on any atom is -0.387 e. The van der Waals surface area contributed by atoms with Crippen LogP contribution in [0.15, 0.2) is 60.0 Å². The number of carbonyl (C=O) groups excluding carboxylic acids is 1. The van der Waals surface area contributed by atoms with Crippen LogP contribution in [0.2, 0.25) is 0 Å². The molecule has 1 aromatic carbocycles. The van der Waals surface area contributed by atoms with E-state index in [-0.39, 0.29) is 33.3 Å². The van der Waals surface area contributed by atoms with E-state index < -0.39 is 47.5 Å². The van der Waals surface area contributed by atoms with Crippen molar-refractivity contribution in [3.63, 3.8) is 0 Å². The fraction of sp³-hybridized carbons (Fsp3) is 0.292. The lowest BCUT2D eigenvalue weighted by Gasteiger charge is -2.17. The van der Waals surface area contributed by atoms with Crippen LogP contribution in [0.4, 0.5) is 5.82 Å². The molecule has 4 aromatic rings. The molecule has 3 aromatic heterocycles. The summed E-state index contributed by atoms with van der Waals surface area (Å²) in [6.45, 7) is -2.51. The number of nitrogens with one attached hydrogen (secondary N) is 2. The van der Waals surface area contributed by atoms with Crippen LogP contribution in [0.5, 0.6) is 0 Å². The molecule has 0 radical (unpaired) electrons. The van der Waals surface area contributed by atoms with E-state index >= 15 is 0 Å². The maximum absolute atomic E-state index is 12.5. The van der Waals surface area contributed by atoms with Crippen molar-refractivity contribution >= 4 is 33.0 Å². The number of nitrogens with zero attached hydrogens (tertiary/aromatic N) is 5. The molecule has 1 aliphatic rings. The molecule has 1 amide bonds. The molecule has 0 aliphatic carbocycles. The maximum Gasteiger partial charge on any atom is 0.298 e. The third kappa shape index (κ3) is 5.05. The van der Waals surface area contributed by atoms with Gasteiger partial charge in [-0.15, -0.1) is 0 Å². The first-order chi connectivity index (χ1) is 19.9. The summed E-state index contributed by atoms with van der Waals surface area (Å²) >= 11 is 0. The van der Waals surface area contributed by atoms with Gasteiger partial charge in [-0.1, -0.05) is 30.3 Å². The average molecular weight is 559 g/mol. The van der Waals surface area contributed by atoms with Crippen LogP contribution in [0.1, 0.15) is 15.9 Å². The monoisotopic (exact) mass is 558 g/mol. The second-order valence-electron chi connectivity index (χ2n) is 8.51. The number of likely N-dealkylation sites (N-methyl/N-ethyl adjacent to an activating group) is 1. The Morgan fingerprint density at radius 1 is 1.21 bits per heavy atom. The summed E-state index contributed by atoms with van der Waals surface area (Å²) in [5, 5.41) is 26.2. The van der Waals surface area contributed by atoms with Gasteiger partial charge in [-0.2, -0.15) is 8.42 Å². The summed E-state index contributed by atoms with van der Waals surface area (Å²) < 4.78 is 57.8. The van der Waals surface area contributed by atoms with Crippen LogP contribution in [-0.2, 0) is 30.4 Å². The predicted molar refractivity (Wildman–Crippen MR) is 137 cm³/mol. The van der Waals surface area contributed by atoms with Crippen LogP contribution < -0.4 is 10.6 Å². The summed E-state index contributed by atoms with van der Waals surface area (Å²) in [4.78, 5) is 29.6. The number of aromatic nitrogens is 5. The number of hydrogen-bond acceptors (Lipinski definition) is 12. The van der Waals surface area contributed by atoms with Gasteiger partial charge < -0.3 is 25.6 Å². The largest absolute Gasteiger partial charge is 0.387 e. The molecule has 1 fully saturated rings. The lowest BCUT2D eigenvalue weighted by Crippen LogP contribution is -2.41. The number of benzene rings is 1. The second kappa shape index (κ2) is 10.6. The van der Waals surface area contributed by atoms with E-state index in [1.807, 2.05) is 30.3 Å². The zero-order valence-electron chi connectivity index (χ0n) is 23.3. The summed E-state index contributed by atoms with van der Waals surface area (Å²) in [7, 11) is -3.07. The fourth-order valence-electron chi connectivity index (χ4n) is 4.09. The van der Waals surface area contributed by atoms with E-state index in [9.17, 15) is 23.4 Å². The van der Waals surface area contributed by atoms with E-state index in [1.54, 1.807) is 5.32 Å². The highest BCUT2D eigenvalue weighted by molar-refractivity contribution is 7.86. The number of carbonyl (C=O) groups is 1. The number of fused-ring (bicyclic) bond motifs is 1. The number of aliphatic hydroxyl groups excluding tert-OH is 2. The standard InChI is InChI=1S/C24H25N7O7S/c1-25-23(34)19-17(32)18(33)24(38-19)31-12-28-16-21(27-9-13-6-4-3-5-7-13)29-20(30-22(16)31)14-8-15(11-26-10-14)39(35,36)37-2/h3-8,10-12,17-19,24,32-33H,9H2,1-2H3,(H,25,34)(H,27,29,30)/t17-,18+,19-,24+/m0/s1/i1D3. The Bertz CT molecular complexity index is 1720. The molecule has 0 spiro atoms. The summed E-state index contributed by atoms with van der Waals surface area (Å²) in [5.41, 5.74) is 1.43. The number of pyridine rings is 1. The summed E-state index contributed by atoms with van der Waals surface area (Å²) in [6.07, 6.45) is -2.85. The molecule has 14 nitrogen and oxygen atoms in total. The Balaban J connectivity index is 1.58. The quantitative estimate of drug-likeness (QED) is 0.215. The van der Waals surface area contributed by atoms with Gasteiger partial charge in [0.25, 0.3) is 16.0 Å². The van der Waals surface area contributed by atoms with Gasteiger partial charge in [-0.3, -0.25) is 18.5 Å². The van der Waals surface area contributed by atoms with Crippen LogP contribution >= 0.6 is 0 Å². The lowest BCUT2D eigenvalue weighted by atomic mass is 10.1. The molecular weight excluding hydrogens is 530 g/mol.